The van der Waals surface area contributed by atoms with Crippen LogP contribution in [0.1, 0.15) is 47.3 Å². The predicted octanol–water partition coefficient (Wildman–Crippen LogP) is 5.33. The molecule has 1 aliphatic rings. The predicted molar refractivity (Wildman–Crippen MR) is 121 cm³/mol. The second-order valence-corrected chi connectivity index (χ2v) is 7.89. The van der Waals surface area contributed by atoms with Crippen LogP contribution in [0.4, 0.5) is 14.5 Å². The molecule has 2 amide bonds. The van der Waals surface area contributed by atoms with E-state index in [0.29, 0.717) is 34.7 Å². The number of amides is 2. The number of carbonyl (C=O) groups excluding carboxylic acids is 2. The monoisotopic (exact) mass is 450 g/mol. The zero-order chi connectivity index (χ0) is 23.4. The van der Waals surface area contributed by atoms with Crippen LogP contribution in [-0.4, -0.2) is 29.9 Å². The zero-order valence-corrected chi connectivity index (χ0v) is 18.2. The van der Waals surface area contributed by atoms with E-state index in [2.05, 4.69) is 12.2 Å². The Morgan fingerprint density at radius 1 is 1.03 bits per heavy atom. The fourth-order valence-electron chi connectivity index (χ4n) is 3.86. The second-order valence-electron chi connectivity index (χ2n) is 7.89. The van der Waals surface area contributed by atoms with Gasteiger partial charge in [-0.3, -0.25) is 9.59 Å². The molecule has 33 heavy (non-hydrogen) atoms. The van der Waals surface area contributed by atoms with Crippen molar-refractivity contribution < 1.29 is 23.1 Å². The number of hydrogen-bond acceptors (Lipinski definition) is 3. The van der Waals surface area contributed by atoms with Gasteiger partial charge in [0.1, 0.15) is 23.9 Å². The number of ether oxygens (including phenoxy) is 1. The van der Waals surface area contributed by atoms with Gasteiger partial charge in [0.25, 0.3) is 5.91 Å². The average Bonchev–Trinajstić information content (AvgIpc) is 2.95. The normalized spacial score (nSPS) is 15.4. The van der Waals surface area contributed by atoms with Crippen molar-refractivity contribution >= 4 is 17.5 Å². The minimum absolute atomic E-state index is 0.244. The van der Waals surface area contributed by atoms with Crippen LogP contribution in [0.5, 0.6) is 5.75 Å². The van der Waals surface area contributed by atoms with E-state index in [1.165, 1.54) is 47.4 Å². The van der Waals surface area contributed by atoms with Crippen molar-refractivity contribution in [3.8, 4) is 5.75 Å². The lowest BCUT2D eigenvalue weighted by Gasteiger charge is -2.30. The lowest BCUT2D eigenvalue weighted by Crippen LogP contribution is -2.39. The molecule has 3 aromatic carbocycles. The summed E-state index contributed by atoms with van der Waals surface area (Å²) in [6, 6.07) is 15.5. The molecule has 1 atom stereocenters. The van der Waals surface area contributed by atoms with Gasteiger partial charge in [-0.1, -0.05) is 25.5 Å². The lowest BCUT2D eigenvalue weighted by atomic mass is 9.95. The molecule has 0 saturated heterocycles. The smallest absolute Gasteiger partial charge is 0.255 e. The van der Waals surface area contributed by atoms with Crippen molar-refractivity contribution in [1.82, 2.24) is 4.90 Å². The number of fused-ring (bicyclic) bond motifs is 1. The molecule has 0 aromatic heterocycles. The van der Waals surface area contributed by atoms with E-state index >= 15 is 0 Å². The number of anilines is 1. The van der Waals surface area contributed by atoms with Gasteiger partial charge in [0.2, 0.25) is 5.91 Å². The number of hydrogen-bond donors (Lipinski definition) is 1. The molecule has 7 heteroatoms. The number of nitrogens with zero attached hydrogens (tertiary/aromatic N) is 1. The largest absolute Gasteiger partial charge is 0.494 e. The first-order valence-corrected chi connectivity index (χ1v) is 10.8. The van der Waals surface area contributed by atoms with Crippen LogP contribution < -0.4 is 10.1 Å². The van der Waals surface area contributed by atoms with Crippen molar-refractivity contribution in [1.29, 1.82) is 0 Å². The fraction of sp³-hybridized carbons (Fsp3) is 0.231. The van der Waals surface area contributed by atoms with Crippen LogP contribution in [0, 0.1) is 11.6 Å². The summed E-state index contributed by atoms with van der Waals surface area (Å²) in [7, 11) is 0. The lowest BCUT2D eigenvalue weighted by molar-refractivity contribution is -0.117. The molecule has 3 aromatic rings. The zero-order valence-electron chi connectivity index (χ0n) is 18.2. The number of rotatable bonds is 6. The highest BCUT2D eigenvalue weighted by Gasteiger charge is 2.34. The minimum Gasteiger partial charge on any atom is -0.494 e. The Morgan fingerprint density at radius 2 is 1.73 bits per heavy atom. The van der Waals surface area contributed by atoms with E-state index in [0.717, 1.165) is 12.8 Å². The van der Waals surface area contributed by atoms with Gasteiger partial charge in [-0.2, -0.15) is 0 Å². The third-order valence-electron chi connectivity index (χ3n) is 5.52. The van der Waals surface area contributed by atoms with E-state index in [4.69, 9.17) is 4.74 Å². The summed E-state index contributed by atoms with van der Waals surface area (Å²) in [6.45, 7) is 2.42. The second kappa shape index (κ2) is 9.81. The molecule has 0 bridgehead atoms. The highest BCUT2D eigenvalue weighted by Crippen LogP contribution is 2.37. The van der Waals surface area contributed by atoms with Gasteiger partial charge < -0.3 is 15.0 Å². The van der Waals surface area contributed by atoms with Gasteiger partial charge in [-0.15, -0.1) is 0 Å². The molecule has 5 nitrogen and oxygen atoms in total. The minimum atomic E-state index is -0.789. The van der Waals surface area contributed by atoms with Crippen LogP contribution in [0.3, 0.4) is 0 Å². The number of nitrogens with one attached hydrogen (secondary N) is 1. The molecule has 1 aliphatic heterocycles. The molecule has 4 rings (SSSR count). The summed E-state index contributed by atoms with van der Waals surface area (Å²) in [4.78, 5) is 27.6. The molecule has 0 radical (unpaired) electrons. The summed E-state index contributed by atoms with van der Waals surface area (Å²) in [6.07, 6.45) is 1.94. The first kappa shape index (κ1) is 22.5. The Bertz CT molecular complexity index is 1150. The van der Waals surface area contributed by atoms with Crippen LogP contribution >= 0.6 is 0 Å². The average molecular weight is 450 g/mol. The molecule has 1 N–H and O–H groups in total. The quantitative estimate of drug-likeness (QED) is 0.517. The number of carbonyl (C=O) groups is 2. The standard InChI is InChI=1S/C26H24F2N2O3/c1-2-3-14-33-21-11-6-18(7-12-21)26(32)30-16-24(31)29-23-13-10-20(28)15-22(23)25(30)17-4-8-19(27)9-5-17/h4-13,15,25H,2-3,14,16H2,1H3,(H,29,31)/t25-/m0/s1. The highest BCUT2D eigenvalue weighted by molar-refractivity contribution is 6.01. The molecule has 0 spiro atoms. The van der Waals surface area contributed by atoms with Gasteiger partial charge in [0.05, 0.1) is 12.6 Å². The number of benzene rings is 3. The van der Waals surface area contributed by atoms with Crippen molar-refractivity contribution in [2.75, 3.05) is 18.5 Å². The topological polar surface area (TPSA) is 58.6 Å². The van der Waals surface area contributed by atoms with Crippen LogP contribution in [0.25, 0.3) is 0 Å². The van der Waals surface area contributed by atoms with Crippen LogP contribution in [0.15, 0.2) is 66.7 Å². The molecule has 0 aliphatic carbocycles. The Hall–Kier alpha value is -3.74. The van der Waals surface area contributed by atoms with E-state index < -0.39 is 29.5 Å². The van der Waals surface area contributed by atoms with E-state index in [1.54, 1.807) is 24.3 Å². The van der Waals surface area contributed by atoms with Gasteiger partial charge >= 0.3 is 0 Å². The van der Waals surface area contributed by atoms with Crippen molar-refractivity contribution in [2.24, 2.45) is 0 Å². The maximum atomic E-state index is 14.2. The van der Waals surface area contributed by atoms with Gasteiger partial charge in [-0.05, 0) is 66.6 Å². The number of unbranched alkanes of at least 4 members (excludes halogenated alkanes) is 1. The maximum absolute atomic E-state index is 14.2. The molecule has 1 heterocycles. The van der Waals surface area contributed by atoms with Crippen LogP contribution in [0.2, 0.25) is 0 Å². The maximum Gasteiger partial charge on any atom is 0.255 e. The Balaban J connectivity index is 1.73. The van der Waals surface area contributed by atoms with Gasteiger partial charge in [-0.25, -0.2) is 8.78 Å². The third-order valence-corrected chi connectivity index (χ3v) is 5.52. The van der Waals surface area contributed by atoms with Gasteiger partial charge in [0.15, 0.2) is 0 Å². The first-order chi connectivity index (χ1) is 16.0. The van der Waals surface area contributed by atoms with Crippen molar-refractivity contribution in [2.45, 2.75) is 25.8 Å². The number of halogens is 2. The SMILES string of the molecule is CCCCOc1ccc(C(=O)N2CC(=O)Nc3ccc(F)cc3[C@@H]2c2ccc(F)cc2)cc1. The summed E-state index contributed by atoms with van der Waals surface area (Å²) in [5.41, 5.74) is 1.75. The highest BCUT2D eigenvalue weighted by atomic mass is 19.1. The molecule has 170 valence electrons. The third kappa shape index (κ3) is 5.03. The van der Waals surface area contributed by atoms with E-state index in [9.17, 15) is 18.4 Å². The molecular weight excluding hydrogens is 426 g/mol. The molecule has 0 saturated carbocycles. The summed E-state index contributed by atoms with van der Waals surface area (Å²) < 4.78 is 33.5. The molecule has 0 unspecified atom stereocenters. The van der Waals surface area contributed by atoms with Crippen molar-refractivity contribution in [3.63, 3.8) is 0 Å². The van der Waals surface area contributed by atoms with Gasteiger partial charge in [0, 0.05) is 16.8 Å². The van der Waals surface area contributed by atoms with E-state index in [1.807, 2.05) is 0 Å². The summed E-state index contributed by atoms with van der Waals surface area (Å²) in [5.74, 6) is -1.09. The summed E-state index contributed by atoms with van der Waals surface area (Å²) >= 11 is 0. The summed E-state index contributed by atoms with van der Waals surface area (Å²) in [5, 5.41) is 2.74. The molecule has 0 fully saturated rings. The Labute approximate surface area is 191 Å². The van der Waals surface area contributed by atoms with Crippen molar-refractivity contribution in [3.05, 3.63) is 95.1 Å². The van der Waals surface area contributed by atoms with E-state index in [-0.39, 0.29) is 6.54 Å². The fourth-order valence-corrected chi connectivity index (χ4v) is 3.86. The Kier molecular flexibility index (Phi) is 6.68. The molecular formula is C26H24F2N2O3. The van der Waals surface area contributed by atoms with Crippen LogP contribution in [-0.2, 0) is 4.79 Å². The first-order valence-electron chi connectivity index (χ1n) is 10.8. The Morgan fingerprint density at radius 3 is 2.42 bits per heavy atom.